The van der Waals surface area contributed by atoms with E-state index >= 15 is 0 Å². The summed E-state index contributed by atoms with van der Waals surface area (Å²) in [6.07, 6.45) is 3.85. The van der Waals surface area contributed by atoms with Crippen LogP contribution in [0.4, 0.5) is 0 Å². The molecule has 0 fully saturated rings. The van der Waals surface area contributed by atoms with Gasteiger partial charge in [-0.1, -0.05) is 0 Å². The highest BCUT2D eigenvalue weighted by molar-refractivity contribution is 7.15. The maximum atomic E-state index is 12.2. The Bertz CT molecular complexity index is 1080. The van der Waals surface area contributed by atoms with Crippen molar-refractivity contribution in [2.75, 3.05) is 27.2 Å². The summed E-state index contributed by atoms with van der Waals surface area (Å²) in [5, 5.41) is 5.78. The van der Waals surface area contributed by atoms with Crippen molar-refractivity contribution in [3.63, 3.8) is 0 Å². The van der Waals surface area contributed by atoms with Gasteiger partial charge in [0.25, 0.3) is 0 Å². The highest BCUT2D eigenvalue weighted by Crippen LogP contribution is 2.42. The standard InChI is InChI=1S/C23H29N5O2S/c1-14(2)28-22-17(21(26-28)16-7-6-15(3)24-13-16)8-9-18-23(22)31-19(25-18)12-20(29)30-11-10-27(4)5/h6-7,13-14H,8-12H2,1-5H3. The summed E-state index contributed by atoms with van der Waals surface area (Å²) < 4.78 is 7.45. The van der Waals surface area contributed by atoms with E-state index in [0.717, 1.165) is 51.1 Å². The molecule has 0 aromatic carbocycles. The quantitative estimate of drug-likeness (QED) is 0.523. The van der Waals surface area contributed by atoms with Gasteiger partial charge >= 0.3 is 5.97 Å². The van der Waals surface area contributed by atoms with Gasteiger partial charge in [-0.2, -0.15) is 5.10 Å². The molecule has 0 N–H and O–H groups in total. The molecule has 0 unspecified atom stereocenters. The first-order valence-electron chi connectivity index (χ1n) is 10.7. The smallest absolute Gasteiger partial charge is 0.312 e. The molecule has 3 heterocycles. The highest BCUT2D eigenvalue weighted by Gasteiger charge is 2.30. The van der Waals surface area contributed by atoms with Crippen LogP contribution >= 0.6 is 11.3 Å². The van der Waals surface area contributed by atoms with Crippen LogP contribution in [0, 0.1) is 6.92 Å². The molecule has 0 saturated carbocycles. The van der Waals surface area contributed by atoms with Gasteiger partial charge < -0.3 is 9.64 Å². The highest BCUT2D eigenvalue weighted by atomic mass is 32.1. The lowest BCUT2D eigenvalue weighted by molar-refractivity contribution is -0.143. The topological polar surface area (TPSA) is 73.1 Å². The SMILES string of the molecule is Cc1ccc(-c2nn(C(C)C)c3c2CCc2nc(CC(=O)OCCN(C)C)sc2-3)cn1. The zero-order valence-corrected chi connectivity index (χ0v) is 19.6. The molecule has 8 heteroatoms. The Hall–Kier alpha value is -2.58. The number of esters is 1. The molecule has 7 nitrogen and oxygen atoms in total. The van der Waals surface area contributed by atoms with E-state index in [1.165, 1.54) is 5.56 Å². The van der Waals surface area contributed by atoms with Gasteiger partial charge in [0.2, 0.25) is 0 Å². The molecule has 31 heavy (non-hydrogen) atoms. The molecule has 3 aromatic rings. The Morgan fingerprint density at radius 1 is 1.29 bits per heavy atom. The number of hydrogen-bond donors (Lipinski definition) is 0. The number of ether oxygens (including phenoxy) is 1. The summed E-state index contributed by atoms with van der Waals surface area (Å²) in [7, 11) is 3.91. The van der Waals surface area contributed by atoms with Crippen LogP contribution < -0.4 is 0 Å². The number of aromatic nitrogens is 4. The van der Waals surface area contributed by atoms with Gasteiger partial charge in [0.1, 0.15) is 11.6 Å². The Morgan fingerprint density at radius 2 is 2.10 bits per heavy atom. The van der Waals surface area contributed by atoms with Crippen LogP contribution in [0.5, 0.6) is 0 Å². The van der Waals surface area contributed by atoms with E-state index in [9.17, 15) is 4.79 Å². The van der Waals surface area contributed by atoms with Crippen molar-refractivity contribution >= 4 is 17.3 Å². The number of rotatable bonds is 7. The van der Waals surface area contributed by atoms with E-state index in [0.29, 0.717) is 13.2 Å². The van der Waals surface area contributed by atoms with Crippen LogP contribution in [0.3, 0.4) is 0 Å². The van der Waals surface area contributed by atoms with Crippen molar-refractivity contribution in [3.8, 4) is 21.8 Å². The minimum absolute atomic E-state index is 0.213. The van der Waals surface area contributed by atoms with Crippen molar-refractivity contribution in [2.24, 2.45) is 0 Å². The molecule has 0 atom stereocenters. The number of likely N-dealkylation sites (N-methyl/N-ethyl adjacent to an activating group) is 1. The van der Waals surface area contributed by atoms with Crippen LogP contribution in [-0.4, -0.2) is 57.9 Å². The summed E-state index contributed by atoms with van der Waals surface area (Å²) in [5.74, 6) is -0.225. The van der Waals surface area contributed by atoms with E-state index in [-0.39, 0.29) is 18.4 Å². The minimum atomic E-state index is -0.225. The summed E-state index contributed by atoms with van der Waals surface area (Å²) in [6, 6.07) is 4.33. The van der Waals surface area contributed by atoms with Crippen molar-refractivity contribution < 1.29 is 9.53 Å². The van der Waals surface area contributed by atoms with Gasteiger partial charge in [0.05, 0.1) is 28.4 Å². The fourth-order valence-corrected chi connectivity index (χ4v) is 4.91. The lowest BCUT2D eigenvalue weighted by Gasteiger charge is -2.16. The molecule has 0 amide bonds. The maximum Gasteiger partial charge on any atom is 0.312 e. The van der Waals surface area contributed by atoms with Gasteiger partial charge in [0, 0.05) is 35.6 Å². The molecule has 3 aromatic heterocycles. The summed E-state index contributed by atoms with van der Waals surface area (Å²) in [6.45, 7) is 7.39. The van der Waals surface area contributed by atoms with Crippen LogP contribution in [-0.2, 0) is 28.8 Å². The predicted octanol–water partition coefficient (Wildman–Crippen LogP) is 3.70. The second-order valence-electron chi connectivity index (χ2n) is 8.49. The molecule has 0 aliphatic heterocycles. The molecule has 0 spiro atoms. The zero-order chi connectivity index (χ0) is 22.1. The average Bonchev–Trinajstić information content (AvgIpc) is 3.29. The number of nitrogens with zero attached hydrogens (tertiary/aromatic N) is 5. The number of pyridine rings is 1. The first-order chi connectivity index (χ1) is 14.8. The Kier molecular flexibility index (Phi) is 6.20. The van der Waals surface area contributed by atoms with Crippen molar-refractivity contribution in [1.82, 2.24) is 24.6 Å². The molecular weight excluding hydrogens is 410 g/mol. The van der Waals surface area contributed by atoms with Gasteiger partial charge in [-0.25, -0.2) is 4.98 Å². The van der Waals surface area contributed by atoms with E-state index in [2.05, 4.69) is 29.6 Å². The number of hydrogen-bond acceptors (Lipinski definition) is 7. The van der Waals surface area contributed by atoms with Crippen LogP contribution in [0.2, 0.25) is 0 Å². The molecule has 0 saturated heterocycles. The largest absolute Gasteiger partial charge is 0.464 e. The monoisotopic (exact) mass is 439 g/mol. The second kappa shape index (κ2) is 8.88. The molecule has 1 aliphatic rings. The fraction of sp³-hybridized carbons (Fsp3) is 0.478. The first kappa shape index (κ1) is 21.6. The lowest BCUT2D eigenvalue weighted by Crippen LogP contribution is -2.20. The molecule has 1 aliphatic carbocycles. The summed E-state index contributed by atoms with van der Waals surface area (Å²) in [5.41, 5.74) is 6.47. The lowest BCUT2D eigenvalue weighted by atomic mass is 9.95. The average molecular weight is 440 g/mol. The minimum Gasteiger partial charge on any atom is -0.464 e. The first-order valence-corrected chi connectivity index (χ1v) is 11.5. The second-order valence-corrected chi connectivity index (χ2v) is 9.57. The van der Waals surface area contributed by atoms with Crippen LogP contribution in [0.25, 0.3) is 21.8 Å². The fourth-order valence-electron chi connectivity index (χ4n) is 3.75. The number of thiazole rings is 1. The number of carbonyl (C=O) groups is 1. The van der Waals surface area contributed by atoms with Crippen molar-refractivity contribution in [2.45, 2.75) is 46.1 Å². The normalized spacial score (nSPS) is 12.9. The number of fused-ring (bicyclic) bond motifs is 3. The van der Waals surface area contributed by atoms with Gasteiger partial charge in [-0.05, 0) is 59.8 Å². The van der Waals surface area contributed by atoms with Crippen LogP contribution in [0.1, 0.15) is 41.8 Å². The molecule has 4 rings (SSSR count). The Balaban J connectivity index is 1.64. The van der Waals surface area contributed by atoms with Gasteiger partial charge in [-0.15, -0.1) is 11.3 Å². The molecular formula is C23H29N5O2S. The zero-order valence-electron chi connectivity index (χ0n) is 18.8. The number of aryl methyl sites for hydroxylation is 2. The Labute approximate surface area is 187 Å². The Morgan fingerprint density at radius 3 is 2.77 bits per heavy atom. The molecule has 0 radical (unpaired) electrons. The van der Waals surface area contributed by atoms with Gasteiger partial charge in [-0.3, -0.25) is 14.5 Å². The van der Waals surface area contributed by atoms with E-state index in [4.69, 9.17) is 14.8 Å². The summed E-state index contributed by atoms with van der Waals surface area (Å²) >= 11 is 1.59. The number of carbonyl (C=O) groups excluding carboxylic acids is 1. The van der Waals surface area contributed by atoms with Crippen molar-refractivity contribution in [3.05, 3.63) is 40.3 Å². The predicted molar refractivity (Wildman–Crippen MR) is 122 cm³/mol. The van der Waals surface area contributed by atoms with Crippen LogP contribution in [0.15, 0.2) is 18.3 Å². The molecule has 164 valence electrons. The maximum absolute atomic E-state index is 12.2. The van der Waals surface area contributed by atoms with Crippen molar-refractivity contribution in [1.29, 1.82) is 0 Å². The summed E-state index contributed by atoms with van der Waals surface area (Å²) in [4.78, 5) is 24.6. The van der Waals surface area contributed by atoms with Gasteiger partial charge in [0.15, 0.2) is 0 Å². The third-order valence-corrected chi connectivity index (χ3v) is 6.45. The third kappa shape index (κ3) is 4.55. The van der Waals surface area contributed by atoms with E-state index < -0.39 is 0 Å². The third-order valence-electron chi connectivity index (χ3n) is 5.35. The molecule has 0 bridgehead atoms. The van der Waals surface area contributed by atoms with E-state index in [1.807, 2.05) is 38.2 Å². The van der Waals surface area contributed by atoms with E-state index in [1.54, 1.807) is 11.3 Å².